The van der Waals surface area contributed by atoms with E-state index < -0.39 is 10.1 Å². The fraction of sp³-hybridized carbons (Fsp3) is 0.679. The van der Waals surface area contributed by atoms with Gasteiger partial charge >= 0.3 is 5.97 Å². The maximum absolute atomic E-state index is 13.1. The first-order valence-electron chi connectivity index (χ1n) is 12.9. The molecule has 1 aromatic carbocycles. The lowest BCUT2D eigenvalue weighted by Gasteiger charge is -2.57. The molecule has 3 saturated carbocycles. The molecule has 4 aliphatic carbocycles. The third-order valence-electron chi connectivity index (χ3n) is 9.86. The van der Waals surface area contributed by atoms with Crippen LogP contribution < -0.4 is 0 Å². The van der Waals surface area contributed by atoms with Crippen molar-refractivity contribution < 1.29 is 22.1 Å². The molecule has 0 heterocycles. The SMILES string of the molecule is CC(=O)O[C@@H]1CC[C@@]2(C)C(=CC[C@@H]3[C@@H]4CC[C@@H](OS(=O)(=O)c5ccc(C)cc5)[C@@]4(C)CC[C@@H]32)C1. The van der Waals surface area contributed by atoms with Crippen molar-refractivity contribution in [2.75, 3.05) is 0 Å². The lowest BCUT2D eigenvalue weighted by atomic mass is 9.48. The molecule has 1 aromatic rings. The van der Waals surface area contributed by atoms with Gasteiger partial charge in [0.05, 0.1) is 11.0 Å². The molecule has 0 aliphatic heterocycles. The van der Waals surface area contributed by atoms with Crippen LogP contribution in [0.1, 0.15) is 77.7 Å². The number of allylic oxidation sites excluding steroid dienone is 1. The summed E-state index contributed by atoms with van der Waals surface area (Å²) in [6.07, 6.45) is 10.0. The van der Waals surface area contributed by atoms with Crippen molar-refractivity contribution in [1.82, 2.24) is 0 Å². The zero-order valence-electron chi connectivity index (χ0n) is 20.9. The van der Waals surface area contributed by atoms with Gasteiger partial charge in [-0.25, -0.2) is 0 Å². The van der Waals surface area contributed by atoms with E-state index in [2.05, 4.69) is 19.9 Å². The highest BCUT2D eigenvalue weighted by Gasteiger charge is 2.59. The number of carbonyl (C=O) groups is 1. The van der Waals surface area contributed by atoms with Crippen LogP contribution in [0.25, 0.3) is 0 Å². The largest absolute Gasteiger partial charge is 0.462 e. The molecule has 34 heavy (non-hydrogen) atoms. The van der Waals surface area contributed by atoms with Crippen LogP contribution in [0.3, 0.4) is 0 Å². The highest BCUT2D eigenvalue weighted by atomic mass is 32.2. The number of ether oxygens (including phenoxy) is 1. The molecule has 7 atom stereocenters. The highest BCUT2D eigenvalue weighted by molar-refractivity contribution is 7.86. The number of carbonyl (C=O) groups excluding carboxylic acids is 1. The van der Waals surface area contributed by atoms with E-state index in [0.29, 0.717) is 17.8 Å². The van der Waals surface area contributed by atoms with Crippen LogP contribution in [-0.2, 0) is 23.8 Å². The summed E-state index contributed by atoms with van der Waals surface area (Å²) in [7, 11) is -3.78. The lowest BCUT2D eigenvalue weighted by Crippen LogP contribution is -2.51. The highest BCUT2D eigenvalue weighted by Crippen LogP contribution is 2.65. The van der Waals surface area contributed by atoms with Gasteiger partial charge in [-0.1, -0.05) is 43.2 Å². The van der Waals surface area contributed by atoms with Crippen LogP contribution in [-0.4, -0.2) is 26.6 Å². The minimum atomic E-state index is -3.78. The molecule has 0 aromatic heterocycles. The van der Waals surface area contributed by atoms with Gasteiger partial charge in [0.25, 0.3) is 10.1 Å². The summed E-state index contributed by atoms with van der Waals surface area (Å²) in [4.78, 5) is 11.7. The summed E-state index contributed by atoms with van der Waals surface area (Å²) in [6.45, 7) is 8.15. The summed E-state index contributed by atoms with van der Waals surface area (Å²) in [6, 6.07) is 6.94. The molecule has 4 aliphatic rings. The molecule has 0 bridgehead atoms. The van der Waals surface area contributed by atoms with E-state index in [1.54, 1.807) is 12.1 Å². The average molecular weight is 487 g/mol. The third-order valence-corrected chi connectivity index (χ3v) is 11.2. The summed E-state index contributed by atoms with van der Waals surface area (Å²) < 4.78 is 37.7. The number of aryl methyl sites for hydroxylation is 1. The second kappa shape index (κ2) is 8.48. The van der Waals surface area contributed by atoms with Crippen molar-refractivity contribution >= 4 is 16.1 Å². The number of rotatable bonds is 4. The molecule has 0 unspecified atom stereocenters. The van der Waals surface area contributed by atoms with Crippen molar-refractivity contribution in [2.24, 2.45) is 28.6 Å². The van der Waals surface area contributed by atoms with Crippen molar-refractivity contribution in [3.05, 3.63) is 41.5 Å². The van der Waals surface area contributed by atoms with Crippen LogP contribution in [0.4, 0.5) is 0 Å². The van der Waals surface area contributed by atoms with Gasteiger partial charge in [0.1, 0.15) is 6.10 Å². The average Bonchev–Trinajstić information content (AvgIpc) is 3.09. The van der Waals surface area contributed by atoms with Crippen LogP contribution in [0.15, 0.2) is 40.8 Å². The minimum absolute atomic E-state index is 0.0125. The maximum Gasteiger partial charge on any atom is 0.302 e. The van der Waals surface area contributed by atoms with Gasteiger partial charge in [-0.15, -0.1) is 0 Å². The monoisotopic (exact) mass is 486 g/mol. The molecule has 6 heteroatoms. The second-order valence-corrected chi connectivity index (χ2v) is 13.3. The number of hydrogen-bond donors (Lipinski definition) is 0. The van der Waals surface area contributed by atoms with Crippen molar-refractivity contribution in [1.29, 1.82) is 0 Å². The minimum Gasteiger partial charge on any atom is -0.462 e. The molecule has 186 valence electrons. The Balaban J connectivity index is 1.35. The summed E-state index contributed by atoms with van der Waals surface area (Å²) in [5.74, 6) is 1.46. The first kappa shape index (κ1) is 24.1. The number of esters is 1. The van der Waals surface area contributed by atoms with Crippen LogP contribution in [0, 0.1) is 35.5 Å². The van der Waals surface area contributed by atoms with Crippen LogP contribution in [0.5, 0.6) is 0 Å². The first-order valence-corrected chi connectivity index (χ1v) is 14.3. The Hall–Kier alpha value is -1.66. The number of benzene rings is 1. The fourth-order valence-electron chi connectivity index (χ4n) is 7.99. The van der Waals surface area contributed by atoms with Gasteiger partial charge in [-0.05, 0) is 92.6 Å². The van der Waals surface area contributed by atoms with Gasteiger partial charge in [0, 0.05) is 13.3 Å². The standard InChI is InChI=1S/C28H38O5S/c1-18-5-8-22(9-6-18)34(30,31)33-26-12-11-24-23-10-7-20-17-21(32-19(2)29)13-15-27(20,3)25(23)14-16-28(24,26)4/h5-9,21,23-26H,10-17H2,1-4H3/t21-,23-,24+,25+,26-,27+,28+/m1/s1. The molecule has 0 amide bonds. The predicted octanol–water partition coefficient (Wildman–Crippen LogP) is 5.96. The van der Waals surface area contributed by atoms with Crippen molar-refractivity contribution in [3.63, 3.8) is 0 Å². The van der Waals surface area contributed by atoms with Crippen LogP contribution >= 0.6 is 0 Å². The molecule has 0 radical (unpaired) electrons. The Bertz CT molecular complexity index is 1090. The molecule has 5 nitrogen and oxygen atoms in total. The quantitative estimate of drug-likeness (QED) is 0.298. The topological polar surface area (TPSA) is 69.7 Å². The van der Waals surface area contributed by atoms with E-state index in [0.717, 1.165) is 56.9 Å². The summed E-state index contributed by atoms with van der Waals surface area (Å²) in [5, 5.41) is 0. The zero-order chi connectivity index (χ0) is 24.3. The van der Waals surface area contributed by atoms with E-state index in [-0.39, 0.29) is 33.9 Å². The van der Waals surface area contributed by atoms with Gasteiger partial charge in [0.15, 0.2) is 0 Å². The molecule has 0 spiro atoms. The Labute approximate surface area is 204 Å². The van der Waals surface area contributed by atoms with Gasteiger partial charge in [-0.2, -0.15) is 8.42 Å². The van der Waals surface area contributed by atoms with Crippen molar-refractivity contribution in [2.45, 2.75) is 96.2 Å². The summed E-state index contributed by atoms with van der Waals surface area (Å²) >= 11 is 0. The maximum atomic E-state index is 13.1. The molecule has 0 saturated heterocycles. The zero-order valence-corrected chi connectivity index (χ0v) is 21.7. The molecule has 0 N–H and O–H groups in total. The Morgan fingerprint density at radius 1 is 1.00 bits per heavy atom. The van der Waals surface area contributed by atoms with E-state index in [1.807, 2.05) is 19.1 Å². The van der Waals surface area contributed by atoms with E-state index >= 15 is 0 Å². The Kier molecular flexibility index (Phi) is 6.00. The third kappa shape index (κ3) is 3.95. The van der Waals surface area contributed by atoms with Gasteiger partial charge in [-0.3, -0.25) is 8.98 Å². The number of fused-ring (bicyclic) bond motifs is 5. The second-order valence-electron chi connectivity index (χ2n) is 11.7. The number of hydrogen-bond acceptors (Lipinski definition) is 5. The van der Waals surface area contributed by atoms with Gasteiger partial charge < -0.3 is 4.74 Å². The normalized spacial score (nSPS) is 39.4. The van der Waals surface area contributed by atoms with Crippen molar-refractivity contribution in [3.8, 4) is 0 Å². The lowest BCUT2D eigenvalue weighted by molar-refractivity contribution is -0.148. The van der Waals surface area contributed by atoms with E-state index in [1.165, 1.54) is 12.5 Å². The molecular formula is C28H38O5S. The van der Waals surface area contributed by atoms with E-state index in [9.17, 15) is 13.2 Å². The smallest absolute Gasteiger partial charge is 0.302 e. The first-order chi connectivity index (χ1) is 16.0. The molecular weight excluding hydrogens is 448 g/mol. The van der Waals surface area contributed by atoms with Crippen LogP contribution in [0.2, 0.25) is 0 Å². The van der Waals surface area contributed by atoms with Gasteiger partial charge in [0.2, 0.25) is 0 Å². The molecule has 5 rings (SSSR count). The summed E-state index contributed by atoms with van der Waals surface area (Å²) in [5.41, 5.74) is 2.55. The molecule has 3 fully saturated rings. The Morgan fingerprint density at radius 3 is 2.44 bits per heavy atom. The Morgan fingerprint density at radius 2 is 1.74 bits per heavy atom. The fourth-order valence-corrected chi connectivity index (χ4v) is 9.19. The predicted molar refractivity (Wildman–Crippen MR) is 130 cm³/mol. The van der Waals surface area contributed by atoms with E-state index in [4.69, 9.17) is 8.92 Å².